The first-order valence-corrected chi connectivity index (χ1v) is 6.04. The summed E-state index contributed by atoms with van der Waals surface area (Å²) in [5, 5.41) is 0.507. The van der Waals surface area contributed by atoms with Gasteiger partial charge in [-0.1, -0.05) is 17.7 Å². The summed E-state index contributed by atoms with van der Waals surface area (Å²) in [5.74, 6) is 0.280. The Kier molecular flexibility index (Phi) is 3.53. The minimum absolute atomic E-state index is 0.195. The Balaban J connectivity index is 2.02. The van der Waals surface area contributed by atoms with Crippen LogP contribution in [0.15, 0.2) is 18.2 Å². The van der Waals surface area contributed by atoms with E-state index in [9.17, 15) is 4.39 Å². The SMILES string of the molecule is Fc1cc(CC2CCC(Cl)C2)ccc1Cl. The van der Waals surface area contributed by atoms with E-state index in [0.717, 1.165) is 31.2 Å². The van der Waals surface area contributed by atoms with Crippen LogP contribution >= 0.6 is 23.2 Å². The molecule has 0 spiro atoms. The highest BCUT2D eigenvalue weighted by atomic mass is 35.5. The highest BCUT2D eigenvalue weighted by Gasteiger charge is 2.23. The van der Waals surface area contributed by atoms with Gasteiger partial charge in [0, 0.05) is 5.38 Å². The first kappa shape index (κ1) is 11.2. The topological polar surface area (TPSA) is 0 Å². The van der Waals surface area contributed by atoms with Crippen LogP contribution in [0, 0.1) is 11.7 Å². The van der Waals surface area contributed by atoms with Crippen molar-refractivity contribution in [3.63, 3.8) is 0 Å². The third kappa shape index (κ3) is 2.85. The van der Waals surface area contributed by atoms with Gasteiger partial charge >= 0.3 is 0 Å². The molecule has 0 heterocycles. The molecule has 0 bridgehead atoms. The Morgan fingerprint density at radius 2 is 2.13 bits per heavy atom. The van der Waals surface area contributed by atoms with Crippen LogP contribution in [-0.4, -0.2) is 5.38 Å². The Bertz CT molecular complexity index is 351. The molecule has 0 aliphatic heterocycles. The maximum absolute atomic E-state index is 13.2. The molecule has 1 aromatic rings. The average molecular weight is 247 g/mol. The molecule has 0 amide bonds. The van der Waals surface area contributed by atoms with E-state index in [1.807, 2.05) is 6.07 Å². The van der Waals surface area contributed by atoms with E-state index in [0.29, 0.717) is 11.3 Å². The van der Waals surface area contributed by atoms with Gasteiger partial charge in [-0.3, -0.25) is 0 Å². The fraction of sp³-hybridized carbons (Fsp3) is 0.500. The van der Waals surface area contributed by atoms with Crippen LogP contribution in [0.1, 0.15) is 24.8 Å². The molecule has 0 N–H and O–H groups in total. The first-order valence-electron chi connectivity index (χ1n) is 5.23. The number of hydrogen-bond donors (Lipinski definition) is 0. The number of benzene rings is 1. The molecule has 0 radical (unpaired) electrons. The lowest BCUT2D eigenvalue weighted by Crippen LogP contribution is -2.00. The van der Waals surface area contributed by atoms with E-state index in [1.54, 1.807) is 6.07 Å². The number of hydrogen-bond acceptors (Lipinski definition) is 0. The predicted octanol–water partition coefficient (Wildman–Crippen LogP) is 4.43. The van der Waals surface area contributed by atoms with E-state index in [4.69, 9.17) is 23.2 Å². The molecule has 2 atom stereocenters. The van der Waals surface area contributed by atoms with Crippen molar-refractivity contribution in [3.05, 3.63) is 34.6 Å². The predicted molar refractivity (Wildman–Crippen MR) is 62.1 cm³/mol. The summed E-state index contributed by atoms with van der Waals surface area (Å²) in [5.41, 5.74) is 1.02. The summed E-state index contributed by atoms with van der Waals surface area (Å²) in [6.07, 6.45) is 4.20. The maximum atomic E-state index is 13.2. The Morgan fingerprint density at radius 3 is 2.73 bits per heavy atom. The standard InChI is InChI=1S/C12H13Cl2F/c13-10-3-1-8(6-10)5-9-2-4-11(14)12(15)7-9/h2,4,7-8,10H,1,3,5-6H2. The monoisotopic (exact) mass is 246 g/mol. The molecule has 0 saturated heterocycles. The van der Waals surface area contributed by atoms with Crippen LogP contribution < -0.4 is 0 Å². The lowest BCUT2D eigenvalue weighted by Gasteiger charge is -2.09. The van der Waals surface area contributed by atoms with Gasteiger partial charge in [0.1, 0.15) is 5.82 Å². The molecule has 1 aliphatic carbocycles. The van der Waals surface area contributed by atoms with Crippen molar-refractivity contribution < 1.29 is 4.39 Å². The molecule has 1 fully saturated rings. The van der Waals surface area contributed by atoms with Crippen LogP contribution in [0.25, 0.3) is 0 Å². The van der Waals surface area contributed by atoms with Gasteiger partial charge in [0.05, 0.1) is 5.02 Å². The molecule has 1 saturated carbocycles. The van der Waals surface area contributed by atoms with Gasteiger partial charge in [-0.15, -0.1) is 11.6 Å². The molecular weight excluding hydrogens is 234 g/mol. The third-order valence-electron chi connectivity index (χ3n) is 2.99. The van der Waals surface area contributed by atoms with Gasteiger partial charge in [-0.2, -0.15) is 0 Å². The molecule has 1 aromatic carbocycles. The van der Waals surface area contributed by atoms with E-state index in [-0.39, 0.29) is 10.8 Å². The van der Waals surface area contributed by atoms with E-state index in [2.05, 4.69) is 0 Å². The molecule has 82 valence electrons. The lowest BCUT2D eigenvalue weighted by atomic mass is 9.98. The second-order valence-corrected chi connectivity index (χ2v) is 5.25. The van der Waals surface area contributed by atoms with Gasteiger partial charge in [-0.05, 0) is 49.3 Å². The van der Waals surface area contributed by atoms with E-state index >= 15 is 0 Å². The van der Waals surface area contributed by atoms with Crippen LogP contribution in [-0.2, 0) is 6.42 Å². The number of alkyl halides is 1. The van der Waals surface area contributed by atoms with Crippen molar-refractivity contribution in [1.29, 1.82) is 0 Å². The van der Waals surface area contributed by atoms with Crippen LogP contribution in [0.3, 0.4) is 0 Å². The summed E-state index contributed by atoms with van der Waals surface area (Å²) < 4.78 is 13.2. The smallest absolute Gasteiger partial charge is 0.142 e. The van der Waals surface area contributed by atoms with Crippen molar-refractivity contribution in [2.45, 2.75) is 31.1 Å². The Labute approximate surface area is 99.4 Å². The van der Waals surface area contributed by atoms with Crippen LogP contribution in [0.2, 0.25) is 5.02 Å². The fourth-order valence-corrected chi connectivity index (χ4v) is 2.69. The third-order valence-corrected chi connectivity index (χ3v) is 3.69. The highest BCUT2D eigenvalue weighted by molar-refractivity contribution is 6.30. The summed E-state index contributed by atoms with van der Waals surface area (Å²) in [6.45, 7) is 0. The fourth-order valence-electron chi connectivity index (χ4n) is 2.20. The van der Waals surface area contributed by atoms with Gasteiger partial charge in [0.25, 0.3) is 0 Å². The van der Waals surface area contributed by atoms with E-state index < -0.39 is 0 Å². The minimum Gasteiger partial charge on any atom is -0.205 e. The number of halogens is 3. The van der Waals surface area contributed by atoms with Crippen molar-refractivity contribution in [2.24, 2.45) is 5.92 Å². The van der Waals surface area contributed by atoms with Gasteiger partial charge < -0.3 is 0 Å². The minimum atomic E-state index is -0.324. The van der Waals surface area contributed by atoms with Crippen molar-refractivity contribution >= 4 is 23.2 Å². The normalized spacial score (nSPS) is 25.8. The maximum Gasteiger partial charge on any atom is 0.142 e. The lowest BCUT2D eigenvalue weighted by molar-refractivity contribution is 0.543. The molecule has 15 heavy (non-hydrogen) atoms. The molecular formula is C12H13Cl2F. The first-order chi connectivity index (χ1) is 7.15. The second-order valence-electron chi connectivity index (χ2n) is 4.23. The second kappa shape index (κ2) is 4.71. The van der Waals surface area contributed by atoms with Crippen molar-refractivity contribution in [1.82, 2.24) is 0 Å². The van der Waals surface area contributed by atoms with Crippen molar-refractivity contribution in [2.75, 3.05) is 0 Å². The largest absolute Gasteiger partial charge is 0.205 e. The summed E-state index contributed by atoms with van der Waals surface area (Å²) in [6, 6.07) is 5.05. The highest BCUT2D eigenvalue weighted by Crippen LogP contribution is 2.32. The Morgan fingerprint density at radius 1 is 1.33 bits per heavy atom. The zero-order chi connectivity index (χ0) is 10.8. The van der Waals surface area contributed by atoms with Crippen LogP contribution in [0.4, 0.5) is 4.39 Å². The van der Waals surface area contributed by atoms with Gasteiger partial charge in [0.2, 0.25) is 0 Å². The number of rotatable bonds is 2. The molecule has 1 aliphatic rings. The molecule has 0 aromatic heterocycles. The summed E-state index contributed by atoms with van der Waals surface area (Å²) in [4.78, 5) is 0. The van der Waals surface area contributed by atoms with Gasteiger partial charge in [0.15, 0.2) is 0 Å². The zero-order valence-electron chi connectivity index (χ0n) is 8.35. The molecule has 3 heteroatoms. The van der Waals surface area contributed by atoms with E-state index in [1.165, 1.54) is 6.07 Å². The van der Waals surface area contributed by atoms with Crippen LogP contribution in [0.5, 0.6) is 0 Å². The zero-order valence-corrected chi connectivity index (χ0v) is 9.86. The van der Waals surface area contributed by atoms with Gasteiger partial charge in [-0.25, -0.2) is 4.39 Å². The summed E-state index contributed by atoms with van der Waals surface area (Å²) >= 11 is 11.7. The molecule has 2 rings (SSSR count). The molecule has 0 nitrogen and oxygen atoms in total. The molecule has 2 unspecified atom stereocenters. The Hall–Kier alpha value is -0.270. The quantitative estimate of drug-likeness (QED) is 0.678. The average Bonchev–Trinajstić information content (AvgIpc) is 2.58. The van der Waals surface area contributed by atoms with Crippen molar-refractivity contribution in [3.8, 4) is 0 Å². The summed E-state index contributed by atoms with van der Waals surface area (Å²) in [7, 11) is 0.